The van der Waals surface area contributed by atoms with Gasteiger partial charge < -0.3 is 14.7 Å². The summed E-state index contributed by atoms with van der Waals surface area (Å²) in [5.41, 5.74) is 0.254. The fourth-order valence-corrected chi connectivity index (χ4v) is 5.07. The van der Waals surface area contributed by atoms with E-state index in [2.05, 4.69) is 9.46 Å². The van der Waals surface area contributed by atoms with Crippen molar-refractivity contribution >= 4 is 45.1 Å². The molecule has 1 aliphatic heterocycles. The Kier molecular flexibility index (Phi) is 6.52. The maximum Gasteiger partial charge on any atom is 0.337 e. The standard InChI is InChI=1S/C19H19FN2O6S2/c1-28-19(25)12-2-4-15(20)17(10-12)30(26,27)21-13-3-5-16(14(11-13)18(23)24)22-6-8-29-9-7-22/h2-5,10-11,21H,6-9H2,1H3,(H,23,24). The molecule has 0 saturated carbocycles. The zero-order valence-corrected chi connectivity index (χ0v) is 17.6. The van der Waals surface area contributed by atoms with Gasteiger partial charge in [-0.1, -0.05) is 0 Å². The van der Waals surface area contributed by atoms with Crippen molar-refractivity contribution in [3.05, 3.63) is 53.3 Å². The molecule has 0 aliphatic carbocycles. The number of carbonyl (C=O) groups is 2. The van der Waals surface area contributed by atoms with Crippen LogP contribution in [0.3, 0.4) is 0 Å². The van der Waals surface area contributed by atoms with Gasteiger partial charge >= 0.3 is 11.9 Å². The molecule has 0 aromatic heterocycles. The van der Waals surface area contributed by atoms with Gasteiger partial charge in [0.2, 0.25) is 0 Å². The molecule has 0 unspecified atom stereocenters. The third kappa shape index (κ3) is 4.68. The molecule has 1 heterocycles. The van der Waals surface area contributed by atoms with Crippen LogP contribution in [0.25, 0.3) is 0 Å². The summed E-state index contributed by atoms with van der Waals surface area (Å²) >= 11 is 1.77. The van der Waals surface area contributed by atoms with Gasteiger partial charge in [0, 0.05) is 30.3 Å². The number of benzene rings is 2. The molecular weight excluding hydrogens is 435 g/mol. The van der Waals surface area contributed by atoms with Gasteiger partial charge in [0.25, 0.3) is 10.0 Å². The van der Waals surface area contributed by atoms with Crippen LogP contribution in [-0.2, 0) is 14.8 Å². The zero-order chi connectivity index (χ0) is 21.9. The number of methoxy groups -OCH3 is 1. The maximum atomic E-state index is 14.2. The fourth-order valence-electron chi connectivity index (χ4n) is 3.02. The van der Waals surface area contributed by atoms with Gasteiger partial charge in [-0.25, -0.2) is 22.4 Å². The molecule has 2 aromatic carbocycles. The van der Waals surface area contributed by atoms with Crippen LogP contribution >= 0.6 is 11.8 Å². The molecule has 30 heavy (non-hydrogen) atoms. The monoisotopic (exact) mass is 454 g/mol. The Labute approximate surface area is 177 Å². The first-order valence-corrected chi connectivity index (χ1v) is 11.5. The molecule has 8 nitrogen and oxygen atoms in total. The Morgan fingerprint density at radius 3 is 2.50 bits per heavy atom. The van der Waals surface area contributed by atoms with Gasteiger partial charge in [0.15, 0.2) is 0 Å². The highest BCUT2D eigenvalue weighted by atomic mass is 32.2. The van der Waals surface area contributed by atoms with Crippen molar-refractivity contribution in [3.8, 4) is 0 Å². The molecule has 3 rings (SSSR count). The van der Waals surface area contributed by atoms with Gasteiger partial charge in [-0.2, -0.15) is 11.8 Å². The third-order valence-electron chi connectivity index (χ3n) is 4.47. The average Bonchev–Trinajstić information content (AvgIpc) is 2.73. The van der Waals surface area contributed by atoms with Crippen LogP contribution in [0.2, 0.25) is 0 Å². The SMILES string of the molecule is COC(=O)c1ccc(F)c(S(=O)(=O)Nc2ccc(N3CCSCC3)c(C(=O)O)c2)c1. The second kappa shape index (κ2) is 8.92. The summed E-state index contributed by atoms with van der Waals surface area (Å²) in [5, 5.41) is 9.58. The number of sulfonamides is 1. The maximum absolute atomic E-state index is 14.2. The summed E-state index contributed by atoms with van der Waals surface area (Å²) in [6, 6.07) is 6.96. The summed E-state index contributed by atoms with van der Waals surface area (Å²) in [7, 11) is -3.31. The second-order valence-electron chi connectivity index (χ2n) is 6.38. The molecule has 0 atom stereocenters. The molecular formula is C19H19FN2O6S2. The van der Waals surface area contributed by atoms with Gasteiger partial charge in [-0.15, -0.1) is 0 Å². The van der Waals surface area contributed by atoms with Crippen molar-refractivity contribution in [2.75, 3.05) is 41.3 Å². The highest BCUT2D eigenvalue weighted by molar-refractivity contribution is 7.99. The van der Waals surface area contributed by atoms with E-state index in [0.717, 1.165) is 36.8 Å². The zero-order valence-electron chi connectivity index (χ0n) is 15.9. The molecule has 0 spiro atoms. The predicted molar refractivity (Wildman–Crippen MR) is 111 cm³/mol. The number of halogens is 1. The summed E-state index contributed by atoms with van der Waals surface area (Å²) < 4.78 is 46.3. The molecule has 1 fully saturated rings. The lowest BCUT2D eigenvalue weighted by atomic mass is 10.1. The Morgan fingerprint density at radius 2 is 1.87 bits per heavy atom. The van der Waals surface area contributed by atoms with Gasteiger partial charge in [0.05, 0.1) is 23.9 Å². The van der Waals surface area contributed by atoms with Crippen molar-refractivity contribution in [2.24, 2.45) is 0 Å². The first kappa shape index (κ1) is 21.9. The minimum Gasteiger partial charge on any atom is -0.478 e. The number of hydrogen-bond donors (Lipinski definition) is 2. The number of carbonyl (C=O) groups excluding carboxylic acids is 1. The van der Waals surface area contributed by atoms with E-state index in [0.29, 0.717) is 18.8 Å². The lowest BCUT2D eigenvalue weighted by Crippen LogP contribution is -2.33. The quantitative estimate of drug-likeness (QED) is 0.641. The molecule has 2 N–H and O–H groups in total. The normalized spacial score (nSPS) is 14.3. The summed E-state index contributed by atoms with van der Waals surface area (Å²) in [4.78, 5) is 24.6. The number of nitrogens with zero attached hydrogens (tertiary/aromatic N) is 1. The number of esters is 1. The average molecular weight is 455 g/mol. The lowest BCUT2D eigenvalue weighted by molar-refractivity contribution is 0.0599. The first-order chi connectivity index (χ1) is 14.2. The Morgan fingerprint density at radius 1 is 1.17 bits per heavy atom. The summed E-state index contributed by atoms with van der Waals surface area (Å²) in [5.74, 6) is -1.35. The Hall–Kier alpha value is -2.79. The van der Waals surface area contributed by atoms with Crippen LogP contribution < -0.4 is 9.62 Å². The minimum absolute atomic E-state index is 0.0367. The van der Waals surface area contributed by atoms with Crippen molar-refractivity contribution < 1.29 is 32.2 Å². The molecule has 160 valence electrons. The molecule has 1 aliphatic rings. The number of thioether (sulfide) groups is 1. The number of anilines is 2. The molecule has 1 saturated heterocycles. The van der Waals surface area contributed by atoms with Crippen LogP contribution in [0.1, 0.15) is 20.7 Å². The first-order valence-electron chi connectivity index (χ1n) is 8.83. The topological polar surface area (TPSA) is 113 Å². The van der Waals surface area contributed by atoms with E-state index in [-0.39, 0.29) is 16.8 Å². The van der Waals surface area contributed by atoms with Crippen LogP contribution in [0.5, 0.6) is 0 Å². The third-order valence-corrected chi connectivity index (χ3v) is 6.81. The van der Waals surface area contributed by atoms with E-state index in [1.807, 2.05) is 4.90 Å². The number of rotatable bonds is 6. The van der Waals surface area contributed by atoms with E-state index in [9.17, 15) is 27.5 Å². The van der Waals surface area contributed by atoms with Crippen LogP contribution in [-0.4, -0.2) is 57.2 Å². The molecule has 0 bridgehead atoms. The smallest absolute Gasteiger partial charge is 0.337 e. The van der Waals surface area contributed by atoms with Crippen molar-refractivity contribution in [1.29, 1.82) is 0 Å². The van der Waals surface area contributed by atoms with Crippen molar-refractivity contribution in [3.63, 3.8) is 0 Å². The number of aromatic carboxylic acids is 1. The minimum atomic E-state index is -4.43. The predicted octanol–water partition coefficient (Wildman–Crippen LogP) is 2.66. The number of hydrogen-bond acceptors (Lipinski definition) is 7. The Bertz CT molecular complexity index is 1080. The fraction of sp³-hybridized carbons (Fsp3) is 0.263. The molecule has 2 aromatic rings. The van der Waals surface area contributed by atoms with Crippen LogP contribution in [0.4, 0.5) is 15.8 Å². The summed E-state index contributed by atoms with van der Waals surface area (Å²) in [6.45, 7) is 1.36. The van der Waals surface area contributed by atoms with E-state index in [1.165, 1.54) is 18.2 Å². The molecule has 11 heteroatoms. The highest BCUT2D eigenvalue weighted by Crippen LogP contribution is 2.28. The Balaban J connectivity index is 1.94. The van der Waals surface area contributed by atoms with E-state index in [1.54, 1.807) is 11.8 Å². The number of carboxylic acid groups (broad SMARTS) is 1. The second-order valence-corrected chi connectivity index (χ2v) is 9.25. The van der Waals surface area contributed by atoms with Gasteiger partial charge in [-0.3, -0.25) is 4.72 Å². The van der Waals surface area contributed by atoms with E-state index < -0.39 is 32.7 Å². The molecule has 0 amide bonds. The summed E-state index contributed by atoms with van der Waals surface area (Å²) in [6.07, 6.45) is 0. The largest absolute Gasteiger partial charge is 0.478 e. The number of carboxylic acids is 1. The number of ether oxygens (including phenoxy) is 1. The highest BCUT2D eigenvalue weighted by Gasteiger charge is 2.24. The van der Waals surface area contributed by atoms with Gasteiger partial charge in [-0.05, 0) is 36.4 Å². The van der Waals surface area contributed by atoms with E-state index >= 15 is 0 Å². The van der Waals surface area contributed by atoms with Crippen molar-refractivity contribution in [2.45, 2.75) is 4.90 Å². The van der Waals surface area contributed by atoms with Gasteiger partial charge in [0.1, 0.15) is 10.7 Å². The molecule has 0 radical (unpaired) electrons. The van der Waals surface area contributed by atoms with Crippen LogP contribution in [0.15, 0.2) is 41.3 Å². The van der Waals surface area contributed by atoms with Crippen molar-refractivity contribution in [1.82, 2.24) is 0 Å². The number of nitrogens with one attached hydrogen (secondary N) is 1. The van der Waals surface area contributed by atoms with E-state index in [4.69, 9.17) is 0 Å². The lowest BCUT2D eigenvalue weighted by Gasteiger charge is -2.29. The van der Waals surface area contributed by atoms with Crippen LogP contribution in [0, 0.1) is 5.82 Å².